The van der Waals surface area contributed by atoms with Crippen LogP contribution in [0.5, 0.6) is 0 Å². The molecule has 13 heteroatoms. The van der Waals surface area contributed by atoms with Crippen LogP contribution in [0.25, 0.3) is 0 Å². The fourth-order valence-corrected chi connectivity index (χ4v) is 5.06. The van der Waals surface area contributed by atoms with Gasteiger partial charge in [-0.05, 0) is 19.8 Å². The van der Waals surface area contributed by atoms with E-state index in [4.69, 9.17) is 9.47 Å². The summed E-state index contributed by atoms with van der Waals surface area (Å²) in [5, 5.41) is 0. The molecule has 0 aromatic heterocycles. The molecule has 2 atom stereocenters. The van der Waals surface area contributed by atoms with Crippen LogP contribution < -0.4 is 0 Å². The van der Waals surface area contributed by atoms with E-state index in [0.717, 1.165) is 0 Å². The van der Waals surface area contributed by atoms with Crippen molar-refractivity contribution in [2.75, 3.05) is 13.2 Å². The first-order chi connectivity index (χ1) is 13.8. The van der Waals surface area contributed by atoms with E-state index < -0.39 is 67.8 Å². The van der Waals surface area contributed by atoms with Crippen molar-refractivity contribution in [1.82, 2.24) is 0 Å². The average Bonchev–Trinajstić information content (AvgIpc) is 3.11. The predicted octanol–water partition coefficient (Wildman–Crippen LogP) is 4.12. The lowest BCUT2D eigenvalue weighted by Crippen LogP contribution is -2.53. The molecule has 30 heavy (non-hydrogen) atoms. The van der Waals surface area contributed by atoms with E-state index >= 15 is 0 Å². The van der Waals surface area contributed by atoms with Crippen LogP contribution in [-0.4, -0.2) is 39.7 Å². The molecule has 1 heterocycles. The molecule has 1 aromatic carbocycles. The second kappa shape index (κ2) is 7.92. The zero-order chi connectivity index (χ0) is 22.5. The van der Waals surface area contributed by atoms with Crippen molar-refractivity contribution in [2.24, 2.45) is 5.92 Å². The SMILES string of the molecule is Cc1c(F)c(F)c(S(=O)(=O)OC(C2CCCCC23OCCO3)C(F)(F)F)c(F)c1F. The molecule has 5 nitrogen and oxygen atoms in total. The van der Waals surface area contributed by atoms with Crippen molar-refractivity contribution >= 4 is 10.1 Å². The lowest BCUT2D eigenvalue weighted by Gasteiger charge is -2.42. The molecule has 0 amide bonds. The number of ether oxygens (including phenoxy) is 2. The van der Waals surface area contributed by atoms with Gasteiger partial charge in [0.05, 0.1) is 13.2 Å². The molecule has 2 aliphatic rings. The van der Waals surface area contributed by atoms with E-state index in [-0.39, 0.29) is 32.5 Å². The summed E-state index contributed by atoms with van der Waals surface area (Å²) in [5.41, 5.74) is -1.17. The Hall–Kier alpha value is -1.44. The van der Waals surface area contributed by atoms with Gasteiger partial charge < -0.3 is 9.47 Å². The molecule has 1 saturated carbocycles. The predicted molar refractivity (Wildman–Crippen MR) is 85.7 cm³/mol. The van der Waals surface area contributed by atoms with Crippen molar-refractivity contribution < 1.29 is 52.8 Å². The Labute approximate surface area is 167 Å². The van der Waals surface area contributed by atoms with Gasteiger partial charge in [-0.15, -0.1) is 0 Å². The second-order valence-corrected chi connectivity index (χ2v) is 8.59. The number of halogens is 7. The highest BCUT2D eigenvalue weighted by Crippen LogP contribution is 2.47. The summed E-state index contributed by atoms with van der Waals surface area (Å²) < 4.78 is 137. The first-order valence-electron chi connectivity index (χ1n) is 8.92. The highest BCUT2D eigenvalue weighted by Gasteiger charge is 2.59. The van der Waals surface area contributed by atoms with Gasteiger partial charge in [-0.1, -0.05) is 6.42 Å². The molecule has 1 aliphatic heterocycles. The maximum absolute atomic E-state index is 14.1. The topological polar surface area (TPSA) is 61.8 Å². The van der Waals surface area contributed by atoms with Crippen molar-refractivity contribution in [3.63, 3.8) is 0 Å². The fourth-order valence-electron chi connectivity index (χ4n) is 3.83. The monoisotopic (exact) mass is 466 g/mol. The van der Waals surface area contributed by atoms with Crippen LogP contribution >= 0.6 is 0 Å². The lowest BCUT2D eigenvalue weighted by molar-refractivity contribution is -0.281. The van der Waals surface area contributed by atoms with Crippen LogP contribution in [0.4, 0.5) is 30.7 Å². The van der Waals surface area contributed by atoms with E-state index in [1.165, 1.54) is 0 Å². The summed E-state index contributed by atoms with van der Waals surface area (Å²) in [5.74, 6) is -12.3. The molecule has 1 aliphatic carbocycles. The Balaban J connectivity index is 2.06. The van der Waals surface area contributed by atoms with Gasteiger partial charge in [-0.3, -0.25) is 4.18 Å². The Morgan fingerprint density at radius 2 is 1.53 bits per heavy atom. The Bertz CT molecular complexity index is 896. The number of hydrogen-bond donors (Lipinski definition) is 0. The van der Waals surface area contributed by atoms with Gasteiger partial charge in [0.2, 0.25) is 0 Å². The Kier molecular flexibility index (Phi) is 6.13. The van der Waals surface area contributed by atoms with Gasteiger partial charge >= 0.3 is 16.3 Å². The van der Waals surface area contributed by atoms with Crippen LogP contribution in [0.2, 0.25) is 0 Å². The third kappa shape index (κ3) is 3.92. The quantitative estimate of drug-likeness (QED) is 0.380. The van der Waals surface area contributed by atoms with Gasteiger partial charge in [0, 0.05) is 17.9 Å². The molecular weight excluding hydrogens is 449 g/mol. The molecule has 0 N–H and O–H groups in total. The van der Waals surface area contributed by atoms with Crippen LogP contribution in [0.1, 0.15) is 31.2 Å². The maximum atomic E-state index is 14.1. The second-order valence-electron chi connectivity index (χ2n) is 7.08. The van der Waals surface area contributed by atoms with Crippen LogP contribution in [0, 0.1) is 36.1 Å². The highest BCUT2D eigenvalue weighted by atomic mass is 32.2. The standard InChI is InChI=1S/C17H17F7O5S/c1-8-10(18)12(20)14(13(21)11(8)19)30(25,26)29-15(17(22,23)24)9-4-2-3-5-16(9)27-6-7-28-16/h9,15H,2-7H2,1H3. The minimum absolute atomic E-state index is 0.0180. The van der Waals surface area contributed by atoms with Crippen molar-refractivity contribution in [3.05, 3.63) is 28.8 Å². The van der Waals surface area contributed by atoms with Crippen LogP contribution in [0.15, 0.2) is 4.90 Å². The Morgan fingerprint density at radius 3 is 2.03 bits per heavy atom. The molecule has 2 fully saturated rings. The molecular formula is C17H17F7O5S. The third-order valence-corrected chi connectivity index (χ3v) is 6.56. The average molecular weight is 466 g/mol. The first kappa shape index (κ1) is 23.2. The molecule has 170 valence electrons. The normalized spacial score (nSPS) is 23.1. The van der Waals surface area contributed by atoms with E-state index in [0.29, 0.717) is 13.3 Å². The highest BCUT2D eigenvalue weighted by molar-refractivity contribution is 7.86. The van der Waals surface area contributed by atoms with Gasteiger partial charge in [0.25, 0.3) is 0 Å². The molecule has 1 spiro atoms. The van der Waals surface area contributed by atoms with Crippen molar-refractivity contribution in [2.45, 2.75) is 55.6 Å². The van der Waals surface area contributed by atoms with Gasteiger partial charge in [-0.25, -0.2) is 17.6 Å². The molecule has 3 rings (SSSR count). The molecule has 0 radical (unpaired) electrons. The Morgan fingerprint density at radius 1 is 1.00 bits per heavy atom. The molecule has 2 unspecified atom stereocenters. The number of benzene rings is 1. The first-order valence-corrected chi connectivity index (χ1v) is 10.3. The summed E-state index contributed by atoms with van der Waals surface area (Å²) in [6.07, 6.45) is -7.96. The fraction of sp³-hybridized carbons (Fsp3) is 0.647. The largest absolute Gasteiger partial charge is 0.416 e. The van der Waals surface area contributed by atoms with Crippen LogP contribution in [0.3, 0.4) is 0 Å². The van der Waals surface area contributed by atoms with Gasteiger partial charge in [-0.2, -0.15) is 21.6 Å². The summed E-state index contributed by atoms with van der Waals surface area (Å²) in [4.78, 5) is -2.27. The summed E-state index contributed by atoms with van der Waals surface area (Å²) in [6.45, 7) is 0.560. The summed E-state index contributed by atoms with van der Waals surface area (Å²) in [6, 6.07) is 0. The van der Waals surface area contributed by atoms with Crippen molar-refractivity contribution in [1.29, 1.82) is 0 Å². The summed E-state index contributed by atoms with van der Waals surface area (Å²) >= 11 is 0. The van der Waals surface area contributed by atoms with Gasteiger partial charge in [0.1, 0.15) is 0 Å². The van der Waals surface area contributed by atoms with Crippen LogP contribution in [-0.2, 0) is 23.8 Å². The summed E-state index contributed by atoms with van der Waals surface area (Å²) in [7, 11) is -5.92. The molecule has 1 aromatic rings. The minimum Gasteiger partial charge on any atom is -0.347 e. The van der Waals surface area contributed by atoms with E-state index in [1.807, 2.05) is 0 Å². The minimum atomic E-state index is -5.92. The third-order valence-electron chi connectivity index (χ3n) is 5.24. The zero-order valence-electron chi connectivity index (χ0n) is 15.5. The smallest absolute Gasteiger partial charge is 0.347 e. The number of rotatable bonds is 4. The number of hydrogen-bond acceptors (Lipinski definition) is 5. The maximum Gasteiger partial charge on any atom is 0.416 e. The zero-order valence-corrected chi connectivity index (χ0v) is 16.3. The molecule has 0 bridgehead atoms. The van der Waals surface area contributed by atoms with Crippen molar-refractivity contribution in [3.8, 4) is 0 Å². The number of alkyl halides is 3. The van der Waals surface area contributed by atoms with E-state index in [1.54, 1.807) is 0 Å². The van der Waals surface area contributed by atoms with E-state index in [2.05, 4.69) is 4.18 Å². The van der Waals surface area contributed by atoms with Gasteiger partial charge in [0.15, 0.2) is 40.1 Å². The molecule has 1 saturated heterocycles. The van der Waals surface area contributed by atoms with E-state index in [9.17, 15) is 39.2 Å². The lowest BCUT2D eigenvalue weighted by atomic mass is 9.79.